The Balaban J connectivity index is 1.85. The molecule has 0 bridgehead atoms. The van der Waals surface area contributed by atoms with Gasteiger partial charge < -0.3 is 20.5 Å². The molecule has 1 aliphatic carbocycles. The minimum atomic E-state index is -0.528. The van der Waals surface area contributed by atoms with Crippen LogP contribution in [0.1, 0.15) is 31.4 Å². The van der Waals surface area contributed by atoms with Crippen LogP contribution in [0.3, 0.4) is 0 Å². The SMILES string of the molecule is COC(CNC(=O)NC(C)(CO)C1CC1)c1ccccc1. The molecule has 3 N–H and O–H groups in total. The maximum atomic E-state index is 12.0. The van der Waals surface area contributed by atoms with Gasteiger partial charge in [0, 0.05) is 13.7 Å². The van der Waals surface area contributed by atoms with E-state index in [-0.39, 0.29) is 18.7 Å². The van der Waals surface area contributed by atoms with Crippen molar-refractivity contribution in [3.05, 3.63) is 35.9 Å². The zero-order valence-corrected chi connectivity index (χ0v) is 12.6. The maximum absolute atomic E-state index is 12.0. The molecule has 5 heteroatoms. The molecule has 1 fully saturated rings. The normalized spacial score (nSPS) is 18.6. The average molecular weight is 292 g/mol. The molecule has 1 aromatic carbocycles. The molecule has 1 saturated carbocycles. The van der Waals surface area contributed by atoms with Crippen molar-refractivity contribution in [1.82, 2.24) is 10.6 Å². The molecule has 2 atom stereocenters. The van der Waals surface area contributed by atoms with E-state index in [1.165, 1.54) is 0 Å². The van der Waals surface area contributed by atoms with E-state index in [1.807, 2.05) is 37.3 Å². The van der Waals surface area contributed by atoms with Crippen molar-refractivity contribution in [2.45, 2.75) is 31.4 Å². The van der Waals surface area contributed by atoms with Crippen molar-refractivity contribution < 1.29 is 14.6 Å². The monoisotopic (exact) mass is 292 g/mol. The van der Waals surface area contributed by atoms with E-state index in [0.717, 1.165) is 18.4 Å². The lowest BCUT2D eigenvalue weighted by Crippen LogP contribution is -2.54. The molecule has 5 nitrogen and oxygen atoms in total. The Morgan fingerprint density at radius 1 is 1.43 bits per heavy atom. The molecule has 21 heavy (non-hydrogen) atoms. The van der Waals surface area contributed by atoms with Crippen LogP contribution in [0.2, 0.25) is 0 Å². The highest BCUT2D eigenvalue weighted by Gasteiger charge is 2.42. The van der Waals surface area contributed by atoms with Crippen LogP contribution in [-0.4, -0.2) is 36.9 Å². The van der Waals surface area contributed by atoms with Crippen LogP contribution in [-0.2, 0) is 4.74 Å². The molecule has 0 saturated heterocycles. The second kappa shape index (κ2) is 6.91. The molecule has 2 unspecified atom stereocenters. The van der Waals surface area contributed by atoms with E-state index in [0.29, 0.717) is 12.5 Å². The first-order chi connectivity index (χ1) is 10.1. The maximum Gasteiger partial charge on any atom is 0.315 e. The van der Waals surface area contributed by atoms with Crippen LogP contribution in [0.5, 0.6) is 0 Å². The van der Waals surface area contributed by atoms with Crippen molar-refractivity contribution in [2.75, 3.05) is 20.3 Å². The summed E-state index contributed by atoms with van der Waals surface area (Å²) in [5, 5.41) is 15.2. The van der Waals surface area contributed by atoms with Gasteiger partial charge in [-0.25, -0.2) is 4.79 Å². The second-order valence-corrected chi connectivity index (χ2v) is 5.82. The third-order valence-corrected chi connectivity index (χ3v) is 4.11. The van der Waals surface area contributed by atoms with Gasteiger partial charge in [0.05, 0.1) is 18.2 Å². The fourth-order valence-corrected chi connectivity index (χ4v) is 2.49. The Labute approximate surface area is 125 Å². The molecule has 2 rings (SSSR count). The molecular weight excluding hydrogens is 268 g/mol. The van der Waals surface area contributed by atoms with Crippen molar-refractivity contribution in [3.63, 3.8) is 0 Å². The number of hydrogen-bond acceptors (Lipinski definition) is 3. The molecule has 1 aromatic rings. The van der Waals surface area contributed by atoms with Gasteiger partial charge in [-0.1, -0.05) is 30.3 Å². The number of methoxy groups -OCH3 is 1. The highest BCUT2D eigenvalue weighted by atomic mass is 16.5. The fraction of sp³-hybridized carbons (Fsp3) is 0.562. The lowest BCUT2D eigenvalue weighted by atomic mass is 9.97. The fourth-order valence-electron chi connectivity index (χ4n) is 2.49. The lowest BCUT2D eigenvalue weighted by Gasteiger charge is -2.29. The van der Waals surface area contributed by atoms with Crippen molar-refractivity contribution in [3.8, 4) is 0 Å². The summed E-state index contributed by atoms with van der Waals surface area (Å²) in [6.45, 7) is 2.23. The zero-order valence-electron chi connectivity index (χ0n) is 12.6. The molecule has 2 amide bonds. The minimum absolute atomic E-state index is 0.0442. The van der Waals surface area contributed by atoms with E-state index in [1.54, 1.807) is 7.11 Å². The lowest BCUT2D eigenvalue weighted by molar-refractivity contribution is 0.102. The number of urea groups is 1. The minimum Gasteiger partial charge on any atom is -0.394 e. The predicted molar refractivity (Wildman–Crippen MR) is 80.9 cm³/mol. The molecule has 0 aromatic heterocycles. The van der Waals surface area contributed by atoms with E-state index >= 15 is 0 Å². The summed E-state index contributed by atoms with van der Waals surface area (Å²) in [5.74, 6) is 0.376. The summed E-state index contributed by atoms with van der Waals surface area (Å²) >= 11 is 0. The van der Waals surface area contributed by atoms with Gasteiger partial charge in [0.2, 0.25) is 0 Å². The van der Waals surface area contributed by atoms with E-state index < -0.39 is 5.54 Å². The Morgan fingerprint density at radius 2 is 2.10 bits per heavy atom. The second-order valence-electron chi connectivity index (χ2n) is 5.82. The van der Waals surface area contributed by atoms with Gasteiger partial charge in [-0.2, -0.15) is 0 Å². The van der Waals surface area contributed by atoms with Crippen LogP contribution < -0.4 is 10.6 Å². The Morgan fingerprint density at radius 3 is 2.62 bits per heavy atom. The van der Waals surface area contributed by atoms with Crippen LogP contribution in [0.15, 0.2) is 30.3 Å². The molecule has 0 heterocycles. The van der Waals surface area contributed by atoms with Crippen molar-refractivity contribution in [2.24, 2.45) is 5.92 Å². The number of amides is 2. The van der Waals surface area contributed by atoms with Crippen LogP contribution in [0.4, 0.5) is 4.79 Å². The number of aliphatic hydroxyl groups excluding tert-OH is 1. The number of ether oxygens (including phenoxy) is 1. The third kappa shape index (κ3) is 4.19. The van der Waals surface area contributed by atoms with E-state index in [4.69, 9.17) is 4.74 Å². The largest absolute Gasteiger partial charge is 0.394 e. The molecule has 0 spiro atoms. The van der Waals surface area contributed by atoms with Gasteiger partial charge in [0.1, 0.15) is 0 Å². The van der Waals surface area contributed by atoms with Gasteiger partial charge in [-0.15, -0.1) is 0 Å². The highest BCUT2D eigenvalue weighted by Crippen LogP contribution is 2.39. The van der Waals surface area contributed by atoms with Gasteiger partial charge in [0.15, 0.2) is 0 Å². The molecule has 0 radical (unpaired) electrons. The van der Waals surface area contributed by atoms with Crippen molar-refractivity contribution in [1.29, 1.82) is 0 Å². The van der Waals surface area contributed by atoms with E-state index in [9.17, 15) is 9.90 Å². The number of aliphatic hydroxyl groups is 1. The van der Waals surface area contributed by atoms with E-state index in [2.05, 4.69) is 10.6 Å². The summed E-state index contributed by atoms with van der Waals surface area (Å²) in [4.78, 5) is 12.0. The first-order valence-corrected chi connectivity index (χ1v) is 7.33. The number of hydrogen-bond donors (Lipinski definition) is 3. The van der Waals surface area contributed by atoms with Crippen LogP contribution in [0, 0.1) is 5.92 Å². The summed E-state index contributed by atoms with van der Waals surface area (Å²) in [6, 6.07) is 9.50. The Kier molecular flexibility index (Phi) is 5.20. The molecular formula is C16H24N2O3. The summed E-state index contributed by atoms with van der Waals surface area (Å²) in [7, 11) is 1.62. The molecule has 0 aliphatic heterocycles. The smallest absolute Gasteiger partial charge is 0.315 e. The summed E-state index contributed by atoms with van der Waals surface area (Å²) in [6.07, 6.45) is 1.93. The van der Waals surface area contributed by atoms with Gasteiger partial charge in [-0.3, -0.25) is 0 Å². The van der Waals surface area contributed by atoms with Gasteiger partial charge >= 0.3 is 6.03 Å². The third-order valence-electron chi connectivity index (χ3n) is 4.11. The highest BCUT2D eigenvalue weighted by molar-refractivity contribution is 5.75. The Hall–Kier alpha value is -1.59. The van der Waals surface area contributed by atoms with Gasteiger partial charge in [-0.05, 0) is 31.2 Å². The standard InChI is InChI=1S/C16H24N2O3/c1-16(11-19,13-8-9-13)18-15(20)17-10-14(21-2)12-6-4-3-5-7-12/h3-7,13-14,19H,8-11H2,1-2H3,(H2,17,18,20). The van der Waals surface area contributed by atoms with Crippen LogP contribution in [0.25, 0.3) is 0 Å². The molecule has 116 valence electrons. The summed E-state index contributed by atoms with van der Waals surface area (Å²) in [5.41, 5.74) is 0.492. The number of nitrogens with one attached hydrogen (secondary N) is 2. The number of carbonyl (C=O) groups is 1. The quantitative estimate of drug-likeness (QED) is 0.718. The number of benzene rings is 1. The van der Waals surface area contributed by atoms with Gasteiger partial charge in [0.25, 0.3) is 0 Å². The first kappa shape index (κ1) is 15.8. The predicted octanol–water partition coefficient (Wildman–Crippen LogP) is 1.83. The zero-order chi connectivity index (χ0) is 15.3. The van der Waals surface area contributed by atoms with Crippen molar-refractivity contribution >= 4 is 6.03 Å². The average Bonchev–Trinajstić information content (AvgIpc) is 3.34. The number of carbonyl (C=O) groups excluding carboxylic acids is 1. The topological polar surface area (TPSA) is 70.6 Å². The van der Waals surface area contributed by atoms with Crippen LogP contribution >= 0.6 is 0 Å². The first-order valence-electron chi connectivity index (χ1n) is 7.33. The number of rotatable bonds is 7. The molecule has 1 aliphatic rings. The Bertz CT molecular complexity index is 462. The summed E-state index contributed by atoms with van der Waals surface area (Å²) < 4.78 is 5.41.